The van der Waals surface area contributed by atoms with Crippen molar-refractivity contribution < 1.29 is 14.6 Å². The highest BCUT2D eigenvalue weighted by atomic mass is 35.5. The summed E-state index contributed by atoms with van der Waals surface area (Å²) in [6.45, 7) is -0.223. The molecule has 1 heterocycles. The van der Waals surface area contributed by atoms with Crippen molar-refractivity contribution in [3.63, 3.8) is 0 Å². The lowest BCUT2D eigenvalue weighted by molar-refractivity contribution is 0.181. The van der Waals surface area contributed by atoms with Crippen LogP contribution in [0.1, 0.15) is 53.6 Å². The molecule has 31 heavy (non-hydrogen) atoms. The maximum atomic E-state index is 12.5. The molecule has 0 fully saturated rings. The number of ether oxygens (including phenoxy) is 1. The van der Waals surface area contributed by atoms with Crippen LogP contribution in [0.4, 0.5) is 4.79 Å². The lowest BCUT2D eigenvalue weighted by atomic mass is 9.92. The Balaban J connectivity index is 1.48. The van der Waals surface area contributed by atoms with Gasteiger partial charge in [-0.15, -0.1) is 5.10 Å². The molecule has 162 valence electrons. The van der Waals surface area contributed by atoms with E-state index in [4.69, 9.17) is 16.3 Å². The van der Waals surface area contributed by atoms with E-state index in [-0.39, 0.29) is 12.5 Å². The molecule has 6 nitrogen and oxygen atoms in total. The highest BCUT2D eigenvalue weighted by Crippen LogP contribution is 2.36. The molecule has 3 N–H and O–H groups in total. The summed E-state index contributed by atoms with van der Waals surface area (Å²) in [7, 11) is 0. The van der Waals surface area contributed by atoms with Gasteiger partial charge in [0.15, 0.2) is 0 Å². The van der Waals surface area contributed by atoms with E-state index in [1.807, 2.05) is 48.5 Å². The fourth-order valence-electron chi connectivity index (χ4n) is 4.19. The first-order chi connectivity index (χ1) is 15.1. The average molecular weight is 440 g/mol. The molecule has 0 unspecified atom stereocenters. The van der Waals surface area contributed by atoms with Gasteiger partial charge in [-0.2, -0.15) is 0 Å². The molecule has 0 bridgehead atoms. The maximum absolute atomic E-state index is 12.5. The van der Waals surface area contributed by atoms with Crippen LogP contribution in [-0.2, 0) is 12.8 Å². The van der Waals surface area contributed by atoms with Crippen molar-refractivity contribution in [1.82, 2.24) is 15.5 Å². The van der Waals surface area contributed by atoms with E-state index in [0.717, 1.165) is 53.9 Å². The number of amides is 1. The number of nitrogens with zero attached hydrogens (tertiary/aromatic N) is 1. The fraction of sp³-hybridized carbons (Fsp3) is 0.333. The quantitative estimate of drug-likeness (QED) is 0.475. The minimum absolute atomic E-state index is 0.223. The molecule has 1 aliphatic rings. The number of nitrogens with one attached hydrogen (secondary N) is 2. The number of hydrogen-bond acceptors (Lipinski definition) is 4. The molecule has 2 atom stereocenters. The number of carbonyl (C=O) groups is 1. The molecule has 0 aliphatic heterocycles. The van der Waals surface area contributed by atoms with E-state index >= 15 is 0 Å². The van der Waals surface area contributed by atoms with Gasteiger partial charge in [-0.25, -0.2) is 4.79 Å². The zero-order valence-electron chi connectivity index (χ0n) is 17.2. The van der Waals surface area contributed by atoms with Gasteiger partial charge in [0.1, 0.15) is 0 Å². The van der Waals surface area contributed by atoms with Gasteiger partial charge >= 0.3 is 6.09 Å². The molecule has 1 aromatic heterocycles. The number of H-pyrrole nitrogens is 1. The van der Waals surface area contributed by atoms with Crippen LogP contribution in [0, 0.1) is 0 Å². The highest BCUT2D eigenvalue weighted by Gasteiger charge is 2.26. The molecule has 2 aromatic carbocycles. The Kier molecular flexibility index (Phi) is 6.89. The predicted molar refractivity (Wildman–Crippen MR) is 119 cm³/mol. The summed E-state index contributed by atoms with van der Waals surface area (Å²) in [5, 5.41) is 20.5. The van der Waals surface area contributed by atoms with E-state index < -0.39 is 12.1 Å². The highest BCUT2D eigenvalue weighted by molar-refractivity contribution is 6.30. The summed E-state index contributed by atoms with van der Waals surface area (Å²) in [5.41, 5.74) is 3.97. The summed E-state index contributed by atoms with van der Waals surface area (Å²) >= 11 is 6.15. The van der Waals surface area contributed by atoms with Crippen LogP contribution < -0.4 is 10.1 Å². The lowest BCUT2D eigenvalue weighted by Crippen LogP contribution is -2.33. The number of hydrogen-bond donors (Lipinski definition) is 3. The van der Waals surface area contributed by atoms with Gasteiger partial charge in [-0.3, -0.25) is 5.10 Å². The third-order valence-corrected chi connectivity index (χ3v) is 5.97. The number of aliphatic hydroxyl groups is 1. The summed E-state index contributed by atoms with van der Waals surface area (Å²) in [6.07, 6.45) is 4.17. The van der Waals surface area contributed by atoms with E-state index in [1.165, 1.54) is 5.56 Å². The Morgan fingerprint density at radius 3 is 2.84 bits per heavy atom. The van der Waals surface area contributed by atoms with Gasteiger partial charge in [0, 0.05) is 22.2 Å². The van der Waals surface area contributed by atoms with Crippen molar-refractivity contribution in [2.45, 2.75) is 44.1 Å². The van der Waals surface area contributed by atoms with Gasteiger partial charge in [0.25, 0.3) is 0 Å². The van der Waals surface area contributed by atoms with E-state index in [0.29, 0.717) is 5.88 Å². The summed E-state index contributed by atoms with van der Waals surface area (Å²) in [5.74, 6) is 0.577. The Labute approximate surface area is 186 Å². The SMILES string of the molecule is O=C(N[C@@H](CO)c1ccccc1)Oc1n[nH]c2c1CCCC[C@@H]2Cc1cccc(Cl)c1. The number of carbonyl (C=O) groups excluding carboxylic acids is 1. The normalized spacial score (nSPS) is 16.8. The lowest BCUT2D eigenvalue weighted by Gasteiger charge is -2.16. The summed E-state index contributed by atoms with van der Waals surface area (Å²) in [6, 6.07) is 16.7. The number of aliphatic hydroxyl groups excluding tert-OH is 1. The minimum atomic E-state index is -0.632. The number of benzene rings is 2. The number of fused-ring (bicyclic) bond motifs is 1. The molecule has 0 spiro atoms. The van der Waals surface area contributed by atoms with Crippen molar-refractivity contribution >= 4 is 17.7 Å². The largest absolute Gasteiger partial charge is 0.414 e. The number of halogens is 1. The van der Waals surface area contributed by atoms with Crippen LogP contribution >= 0.6 is 11.6 Å². The van der Waals surface area contributed by atoms with Crippen LogP contribution in [0.25, 0.3) is 0 Å². The Bertz CT molecular complexity index is 1020. The van der Waals surface area contributed by atoms with E-state index in [2.05, 4.69) is 21.6 Å². The second-order valence-corrected chi connectivity index (χ2v) is 8.31. The molecule has 1 aliphatic carbocycles. The molecule has 0 saturated carbocycles. The maximum Gasteiger partial charge on any atom is 0.414 e. The third kappa shape index (κ3) is 5.27. The molecule has 4 rings (SSSR count). The predicted octanol–water partition coefficient (Wildman–Crippen LogP) is 4.94. The van der Waals surface area contributed by atoms with Crippen LogP contribution in [-0.4, -0.2) is 28.0 Å². The van der Waals surface area contributed by atoms with Crippen LogP contribution in [0.3, 0.4) is 0 Å². The van der Waals surface area contributed by atoms with Gasteiger partial charge in [-0.05, 0) is 48.9 Å². The monoisotopic (exact) mass is 439 g/mol. The molecule has 0 saturated heterocycles. The molecule has 1 amide bonds. The van der Waals surface area contributed by atoms with Crippen molar-refractivity contribution in [3.05, 3.63) is 82.0 Å². The average Bonchev–Trinajstić information content (AvgIpc) is 3.05. The molecule has 0 radical (unpaired) electrons. The zero-order valence-corrected chi connectivity index (χ0v) is 17.9. The zero-order chi connectivity index (χ0) is 21.6. The minimum Gasteiger partial charge on any atom is -0.394 e. The Morgan fingerprint density at radius 1 is 1.23 bits per heavy atom. The van der Waals surface area contributed by atoms with Gasteiger partial charge < -0.3 is 15.2 Å². The first-order valence-corrected chi connectivity index (χ1v) is 11.0. The van der Waals surface area contributed by atoms with Crippen molar-refractivity contribution in [2.75, 3.05) is 6.61 Å². The molecular weight excluding hydrogens is 414 g/mol. The summed E-state index contributed by atoms with van der Waals surface area (Å²) < 4.78 is 5.56. The second kappa shape index (κ2) is 9.98. The smallest absolute Gasteiger partial charge is 0.394 e. The van der Waals surface area contributed by atoms with Gasteiger partial charge in [-0.1, -0.05) is 60.5 Å². The number of rotatable bonds is 6. The van der Waals surface area contributed by atoms with Crippen molar-refractivity contribution in [3.8, 4) is 5.88 Å². The number of aromatic nitrogens is 2. The van der Waals surface area contributed by atoms with Gasteiger partial charge in [0.05, 0.1) is 12.6 Å². The number of aromatic amines is 1. The van der Waals surface area contributed by atoms with Crippen molar-refractivity contribution in [2.24, 2.45) is 0 Å². The van der Waals surface area contributed by atoms with E-state index in [9.17, 15) is 9.90 Å². The fourth-order valence-corrected chi connectivity index (χ4v) is 4.41. The van der Waals surface area contributed by atoms with Crippen LogP contribution in [0.15, 0.2) is 54.6 Å². The standard InChI is InChI=1S/C24H26ClN3O3/c25-19-11-6-7-16(14-19)13-18-10-4-5-12-20-22(18)27-28-23(20)31-24(30)26-21(15-29)17-8-2-1-3-9-17/h1-3,6-9,11,14,18,21,29H,4-5,10,12-13,15H2,(H,26,30)(H,27,28)/t18-,21+/m1/s1. The summed E-state index contributed by atoms with van der Waals surface area (Å²) in [4.78, 5) is 12.5. The third-order valence-electron chi connectivity index (χ3n) is 5.74. The Morgan fingerprint density at radius 2 is 2.06 bits per heavy atom. The Hall–Kier alpha value is -2.83. The molecule has 3 aromatic rings. The topological polar surface area (TPSA) is 87.2 Å². The van der Waals surface area contributed by atoms with Crippen LogP contribution in [0.2, 0.25) is 5.02 Å². The van der Waals surface area contributed by atoms with E-state index in [1.54, 1.807) is 0 Å². The second-order valence-electron chi connectivity index (χ2n) is 7.88. The van der Waals surface area contributed by atoms with Crippen molar-refractivity contribution in [1.29, 1.82) is 0 Å². The van der Waals surface area contributed by atoms with Gasteiger partial charge in [0.2, 0.25) is 5.88 Å². The molecule has 7 heteroatoms. The van der Waals surface area contributed by atoms with Crippen LogP contribution in [0.5, 0.6) is 5.88 Å². The first-order valence-electron chi connectivity index (χ1n) is 10.6. The first kappa shape index (κ1) is 21.4. The molecular formula is C24H26ClN3O3.